The van der Waals surface area contributed by atoms with Gasteiger partial charge in [0.05, 0.1) is 25.9 Å². The molecule has 1 aromatic rings. The lowest BCUT2D eigenvalue weighted by Gasteiger charge is -2.31. The van der Waals surface area contributed by atoms with Gasteiger partial charge >= 0.3 is 0 Å². The second-order valence-electron chi connectivity index (χ2n) is 3.95. The summed E-state index contributed by atoms with van der Waals surface area (Å²) in [5.74, 6) is 0. The molecule has 0 spiro atoms. The molecule has 0 amide bonds. The normalized spacial score (nSPS) is 18.5. The zero-order chi connectivity index (χ0) is 11.4. The Morgan fingerprint density at radius 1 is 1.31 bits per heavy atom. The number of nitrogens with two attached hydrogens (primary N) is 1. The summed E-state index contributed by atoms with van der Waals surface area (Å²) < 4.78 is 5.33. The number of nitrogens with zero attached hydrogens (tertiary/aromatic N) is 1. The predicted molar refractivity (Wildman–Crippen MR) is 63.5 cm³/mol. The lowest BCUT2D eigenvalue weighted by Crippen LogP contribution is -2.37. The van der Waals surface area contributed by atoms with Crippen LogP contribution in [-0.4, -0.2) is 38.0 Å². The highest BCUT2D eigenvalue weighted by molar-refractivity contribution is 5.55. The first-order valence-electron chi connectivity index (χ1n) is 5.61. The van der Waals surface area contributed by atoms with Gasteiger partial charge in [0.15, 0.2) is 0 Å². The highest BCUT2D eigenvalue weighted by Gasteiger charge is 2.17. The Balaban J connectivity index is 2.24. The topological polar surface area (TPSA) is 58.7 Å². The van der Waals surface area contributed by atoms with Crippen LogP contribution >= 0.6 is 0 Å². The van der Waals surface area contributed by atoms with Gasteiger partial charge < -0.3 is 20.5 Å². The number of hydrogen-bond donors (Lipinski definition) is 2. The molecule has 1 aromatic carbocycles. The van der Waals surface area contributed by atoms with Gasteiger partial charge in [-0.3, -0.25) is 0 Å². The number of anilines is 1. The molecule has 0 radical (unpaired) electrons. The van der Waals surface area contributed by atoms with Crippen LogP contribution in [0, 0.1) is 0 Å². The van der Waals surface area contributed by atoms with Crippen molar-refractivity contribution in [2.45, 2.75) is 6.04 Å². The summed E-state index contributed by atoms with van der Waals surface area (Å²) in [7, 11) is 0. The summed E-state index contributed by atoms with van der Waals surface area (Å²) in [6.07, 6.45) is 0. The molecular formula is C12H18N2O2. The number of morpholine rings is 1. The summed E-state index contributed by atoms with van der Waals surface area (Å²) in [6, 6.07) is 7.67. The molecule has 0 aliphatic carbocycles. The smallest absolute Gasteiger partial charge is 0.0642 e. The number of rotatable bonds is 3. The van der Waals surface area contributed by atoms with Gasteiger partial charge in [-0.1, -0.05) is 18.2 Å². The molecule has 0 aromatic heterocycles. The Morgan fingerprint density at radius 3 is 2.69 bits per heavy atom. The van der Waals surface area contributed by atoms with Crippen molar-refractivity contribution >= 4 is 5.69 Å². The van der Waals surface area contributed by atoms with E-state index >= 15 is 0 Å². The Morgan fingerprint density at radius 2 is 2.00 bits per heavy atom. The molecule has 1 aliphatic rings. The third kappa shape index (κ3) is 2.35. The molecule has 1 atom stereocenters. The van der Waals surface area contributed by atoms with Gasteiger partial charge in [0.2, 0.25) is 0 Å². The van der Waals surface area contributed by atoms with Gasteiger partial charge in [-0.2, -0.15) is 0 Å². The van der Waals surface area contributed by atoms with Crippen molar-refractivity contribution in [1.29, 1.82) is 0 Å². The third-order valence-corrected chi connectivity index (χ3v) is 2.88. The van der Waals surface area contributed by atoms with Crippen molar-refractivity contribution in [2.24, 2.45) is 5.73 Å². The molecular weight excluding hydrogens is 204 g/mol. The van der Waals surface area contributed by atoms with Crippen molar-refractivity contribution < 1.29 is 9.84 Å². The molecule has 4 heteroatoms. The number of aliphatic hydroxyl groups is 1. The van der Waals surface area contributed by atoms with Crippen LogP contribution in [0.4, 0.5) is 5.69 Å². The first-order valence-corrected chi connectivity index (χ1v) is 5.61. The molecule has 1 fully saturated rings. The summed E-state index contributed by atoms with van der Waals surface area (Å²) in [5, 5.41) is 9.14. The maximum atomic E-state index is 9.14. The van der Waals surface area contributed by atoms with E-state index in [-0.39, 0.29) is 12.6 Å². The first kappa shape index (κ1) is 11.4. The molecule has 16 heavy (non-hydrogen) atoms. The van der Waals surface area contributed by atoms with Gasteiger partial charge in [-0.15, -0.1) is 0 Å². The van der Waals surface area contributed by atoms with Crippen molar-refractivity contribution in [1.82, 2.24) is 0 Å². The minimum atomic E-state index is -0.306. The summed E-state index contributed by atoms with van der Waals surface area (Å²) >= 11 is 0. The second kappa shape index (κ2) is 5.30. The minimum Gasteiger partial charge on any atom is -0.394 e. The molecule has 3 N–H and O–H groups in total. The van der Waals surface area contributed by atoms with E-state index in [2.05, 4.69) is 11.0 Å². The number of hydrogen-bond acceptors (Lipinski definition) is 4. The van der Waals surface area contributed by atoms with Gasteiger partial charge in [0.1, 0.15) is 0 Å². The van der Waals surface area contributed by atoms with Crippen molar-refractivity contribution in [2.75, 3.05) is 37.8 Å². The Bertz CT molecular complexity index is 338. The highest BCUT2D eigenvalue weighted by atomic mass is 16.5. The largest absolute Gasteiger partial charge is 0.394 e. The van der Waals surface area contributed by atoms with Crippen LogP contribution in [0.15, 0.2) is 24.3 Å². The molecule has 1 heterocycles. The molecule has 0 saturated carbocycles. The van der Waals surface area contributed by atoms with E-state index in [9.17, 15) is 0 Å². The molecule has 88 valence electrons. The summed E-state index contributed by atoms with van der Waals surface area (Å²) in [6.45, 7) is 3.25. The van der Waals surface area contributed by atoms with E-state index in [4.69, 9.17) is 15.6 Å². The Labute approximate surface area is 95.6 Å². The average Bonchev–Trinajstić information content (AvgIpc) is 2.39. The molecule has 4 nitrogen and oxygen atoms in total. The fourth-order valence-corrected chi connectivity index (χ4v) is 1.99. The van der Waals surface area contributed by atoms with E-state index in [1.54, 1.807) is 0 Å². The number of aliphatic hydroxyl groups excluding tert-OH is 1. The van der Waals surface area contributed by atoms with Crippen LogP contribution in [0.1, 0.15) is 11.6 Å². The summed E-state index contributed by atoms with van der Waals surface area (Å²) in [5.41, 5.74) is 8.02. The maximum absolute atomic E-state index is 9.14. The average molecular weight is 222 g/mol. The number of benzene rings is 1. The van der Waals surface area contributed by atoms with Gasteiger partial charge in [0, 0.05) is 18.8 Å². The molecule has 2 rings (SSSR count). The highest BCUT2D eigenvalue weighted by Crippen LogP contribution is 2.25. The Hall–Kier alpha value is -1.10. The molecule has 0 bridgehead atoms. The quantitative estimate of drug-likeness (QED) is 0.782. The van der Waals surface area contributed by atoms with E-state index in [0.29, 0.717) is 0 Å². The zero-order valence-corrected chi connectivity index (χ0v) is 9.30. The molecule has 1 saturated heterocycles. The standard InChI is InChI=1S/C12H18N2O2/c13-11(9-15)10-3-1-2-4-12(10)14-5-7-16-8-6-14/h1-4,11,15H,5-9,13H2. The van der Waals surface area contributed by atoms with E-state index in [0.717, 1.165) is 37.6 Å². The number of ether oxygens (including phenoxy) is 1. The Kier molecular flexibility index (Phi) is 3.77. The van der Waals surface area contributed by atoms with Crippen LogP contribution in [0.5, 0.6) is 0 Å². The van der Waals surface area contributed by atoms with Crippen LogP contribution in [0.3, 0.4) is 0 Å². The lowest BCUT2D eigenvalue weighted by molar-refractivity contribution is 0.122. The fraction of sp³-hybridized carbons (Fsp3) is 0.500. The second-order valence-corrected chi connectivity index (χ2v) is 3.95. The number of para-hydroxylation sites is 1. The third-order valence-electron chi connectivity index (χ3n) is 2.88. The van der Waals surface area contributed by atoms with E-state index in [1.807, 2.05) is 18.2 Å². The van der Waals surface area contributed by atoms with Crippen molar-refractivity contribution in [3.63, 3.8) is 0 Å². The van der Waals surface area contributed by atoms with Crippen LogP contribution in [-0.2, 0) is 4.74 Å². The van der Waals surface area contributed by atoms with Gasteiger partial charge in [-0.05, 0) is 11.6 Å². The molecule has 1 aliphatic heterocycles. The van der Waals surface area contributed by atoms with Crippen LogP contribution < -0.4 is 10.6 Å². The lowest BCUT2D eigenvalue weighted by atomic mass is 10.0. The van der Waals surface area contributed by atoms with Gasteiger partial charge in [0.25, 0.3) is 0 Å². The fourth-order valence-electron chi connectivity index (χ4n) is 1.99. The molecule has 1 unspecified atom stereocenters. The first-order chi connectivity index (χ1) is 7.83. The zero-order valence-electron chi connectivity index (χ0n) is 9.30. The SMILES string of the molecule is NC(CO)c1ccccc1N1CCOCC1. The summed E-state index contributed by atoms with van der Waals surface area (Å²) in [4.78, 5) is 2.26. The van der Waals surface area contributed by atoms with Crippen LogP contribution in [0.25, 0.3) is 0 Å². The van der Waals surface area contributed by atoms with Crippen LogP contribution in [0.2, 0.25) is 0 Å². The van der Waals surface area contributed by atoms with E-state index in [1.165, 1.54) is 0 Å². The van der Waals surface area contributed by atoms with Crippen molar-refractivity contribution in [3.05, 3.63) is 29.8 Å². The van der Waals surface area contributed by atoms with E-state index < -0.39 is 0 Å². The van der Waals surface area contributed by atoms with Gasteiger partial charge in [-0.25, -0.2) is 0 Å². The van der Waals surface area contributed by atoms with Crippen molar-refractivity contribution in [3.8, 4) is 0 Å². The minimum absolute atomic E-state index is 0.0264. The predicted octanol–water partition coefficient (Wildman–Crippen LogP) is 0.515. The maximum Gasteiger partial charge on any atom is 0.0642 e. The monoisotopic (exact) mass is 222 g/mol.